The third-order valence-electron chi connectivity index (χ3n) is 4.00. The highest BCUT2D eigenvalue weighted by Gasteiger charge is 2.34. The van der Waals surface area contributed by atoms with Gasteiger partial charge in [-0.2, -0.15) is 13.2 Å². The Kier molecular flexibility index (Phi) is 4.28. The maximum Gasteiger partial charge on any atom is 0.419 e. The minimum atomic E-state index is -4.51. The molecule has 0 radical (unpaired) electrons. The van der Waals surface area contributed by atoms with Crippen LogP contribution < -0.4 is 0 Å². The first-order valence-corrected chi connectivity index (χ1v) is 6.90. The van der Waals surface area contributed by atoms with Crippen molar-refractivity contribution in [3.05, 3.63) is 29.3 Å². The maximum absolute atomic E-state index is 12.8. The number of alkyl halides is 3. The first-order valence-electron chi connectivity index (χ1n) is 6.90. The summed E-state index contributed by atoms with van der Waals surface area (Å²) < 4.78 is 38.3. The zero-order chi connectivity index (χ0) is 14.9. The Morgan fingerprint density at radius 2 is 1.95 bits per heavy atom. The van der Waals surface area contributed by atoms with Crippen LogP contribution in [-0.4, -0.2) is 22.6 Å². The smallest absolute Gasteiger partial charge is 0.419 e. The molecule has 0 aromatic heterocycles. The van der Waals surface area contributed by atoms with E-state index in [1.165, 1.54) is 6.42 Å². The molecule has 1 saturated heterocycles. The van der Waals surface area contributed by atoms with Crippen molar-refractivity contribution in [2.75, 3.05) is 6.54 Å². The van der Waals surface area contributed by atoms with E-state index in [0.29, 0.717) is 24.1 Å². The second-order valence-corrected chi connectivity index (χ2v) is 5.81. The van der Waals surface area contributed by atoms with Crippen LogP contribution in [0.3, 0.4) is 0 Å². The van der Waals surface area contributed by atoms with Crippen molar-refractivity contribution < 1.29 is 18.3 Å². The molecule has 0 spiro atoms. The van der Waals surface area contributed by atoms with Crippen molar-refractivity contribution in [1.82, 2.24) is 4.90 Å². The van der Waals surface area contributed by atoms with Gasteiger partial charge in [-0.25, -0.2) is 0 Å². The lowest BCUT2D eigenvalue weighted by Crippen LogP contribution is -2.40. The van der Waals surface area contributed by atoms with Crippen LogP contribution in [0.2, 0.25) is 0 Å². The number of likely N-dealkylation sites (tertiary alicyclic amines) is 1. The summed E-state index contributed by atoms with van der Waals surface area (Å²) in [5.41, 5.74) is -0.358. The fourth-order valence-electron chi connectivity index (χ4n) is 2.74. The highest BCUT2D eigenvalue weighted by atomic mass is 19.4. The van der Waals surface area contributed by atoms with Gasteiger partial charge >= 0.3 is 6.18 Å². The second kappa shape index (κ2) is 5.64. The zero-order valence-electron chi connectivity index (χ0n) is 11.7. The van der Waals surface area contributed by atoms with E-state index >= 15 is 0 Å². The van der Waals surface area contributed by atoms with Crippen molar-refractivity contribution in [3.63, 3.8) is 0 Å². The molecule has 1 N–H and O–H groups in total. The Hall–Kier alpha value is -1.23. The predicted octanol–water partition coefficient (Wildman–Crippen LogP) is 4.03. The summed E-state index contributed by atoms with van der Waals surface area (Å²) in [5, 5.41) is 9.34. The van der Waals surface area contributed by atoms with E-state index in [1.807, 2.05) is 0 Å². The van der Waals surface area contributed by atoms with Crippen molar-refractivity contribution in [1.29, 1.82) is 0 Å². The molecule has 1 fully saturated rings. The van der Waals surface area contributed by atoms with Crippen molar-refractivity contribution in [3.8, 4) is 5.75 Å². The molecule has 112 valence electrons. The lowest BCUT2D eigenvalue weighted by atomic mass is 9.94. The van der Waals surface area contributed by atoms with Crippen LogP contribution in [0.25, 0.3) is 0 Å². The number of benzene rings is 1. The Labute approximate surface area is 117 Å². The van der Waals surface area contributed by atoms with Crippen molar-refractivity contribution in [2.45, 2.75) is 45.5 Å². The molecule has 0 bridgehead atoms. The number of piperidine rings is 1. The molecule has 2 nitrogen and oxygen atoms in total. The van der Waals surface area contributed by atoms with Crippen LogP contribution in [0, 0.1) is 5.92 Å². The first-order chi connectivity index (χ1) is 9.27. The van der Waals surface area contributed by atoms with Crippen molar-refractivity contribution >= 4 is 0 Å². The number of nitrogens with zero attached hydrogens (tertiary/aromatic N) is 1. The summed E-state index contributed by atoms with van der Waals surface area (Å²) >= 11 is 0. The standard InChI is InChI=1S/C15H20F3NO/c1-10-3-4-11(2)19(8-10)9-12-5-6-14(20)13(7-12)15(16,17)18/h5-7,10-11,20H,3-4,8-9H2,1-2H3. The molecule has 1 aromatic rings. The molecule has 1 aromatic carbocycles. The lowest BCUT2D eigenvalue weighted by Gasteiger charge is -2.36. The number of phenols is 1. The summed E-state index contributed by atoms with van der Waals surface area (Å²) in [6.07, 6.45) is -2.27. The third kappa shape index (κ3) is 3.45. The van der Waals surface area contributed by atoms with Gasteiger partial charge in [0.15, 0.2) is 0 Å². The van der Waals surface area contributed by atoms with Crippen LogP contribution in [0.1, 0.15) is 37.8 Å². The fourth-order valence-corrected chi connectivity index (χ4v) is 2.74. The van der Waals surface area contributed by atoms with Gasteiger partial charge in [0, 0.05) is 19.1 Å². The molecule has 1 aliphatic heterocycles. The topological polar surface area (TPSA) is 23.5 Å². The number of hydrogen-bond donors (Lipinski definition) is 1. The molecule has 1 heterocycles. The summed E-state index contributed by atoms with van der Waals surface area (Å²) in [6.45, 7) is 5.67. The maximum atomic E-state index is 12.8. The van der Waals surface area contributed by atoms with Crippen molar-refractivity contribution in [2.24, 2.45) is 5.92 Å². The highest BCUT2D eigenvalue weighted by Crippen LogP contribution is 2.36. The van der Waals surface area contributed by atoms with Gasteiger partial charge < -0.3 is 5.11 Å². The molecule has 5 heteroatoms. The van der Waals surface area contributed by atoms with Gasteiger partial charge in [0.25, 0.3) is 0 Å². The van der Waals surface area contributed by atoms with Gasteiger partial charge in [-0.05, 0) is 43.4 Å². The quantitative estimate of drug-likeness (QED) is 0.887. The first kappa shape index (κ1) is 15.2. The van der Waals surface area contributed by atoms with Gasteiger partial charge in [0.05, 0.1) is 5.56 Å². The number of phenolic OH excluding ortho intramolecular Hbond substituents is 1. The molecule has 0 amide bonds. The normalized spacial score (nSPS) is 24.9. The number of hydrogen-bond acceptors (Lipinski definition) is 2. The minimum absolute atomic E-state index is 0.384. The van der Waals surface area contributed by atoms with E-state index in [4.69, 9.17) is 0 Å². The Balaban J connectivity index is 2.17. The molecule has 1 aliphatic rings. The summed E-state index contributed by atoms with van der Waals surface area (Å²) in [7, 11) is 0. The average Bonchev–Trinajstić information content (AvgIpc) is 2.35. The van der Waals surface area contributed by atoms with Crippen LogP contribution >= 0.6 is 0 Å². The monoisotopic (exact) mass is 287 g/mol. The number of aromatic hydroxyl groups is 1. The van der Waals surface area contributed by atoms with Crippen LogP contribution in [-0.2, 0) is 12.7 Å². The lowest BCUT2D eigenvalue weighted by molar-refractivity contribution is -0.138. The number of rotatable bonds is 2. The average molecular weight is 287 g/mol. The van der Waals surface area contributed by atoms with E-state index in [1.54, 1.807) is 6.07 Å². The molecular weight excluding hydrogens is 267 g/mol. The Morgan fingerprint density at radius 1 is 1.25 bits per heavy atom. The molecular formula is C15H20F3NO. The molecule has 2 unspecified atom stereocenters. The van der Waals surface area contributed by atoms with Crippen LogP contribution in [0.15, 0.2) is 18.2 Å². The summed E-state index contributed by atoms with van der Waals surface area (Å²) in [5.74, 6) is -0.133. The van der Waals surface area contributed by atoms with E-state index < -0.39 is 17.5 Å². The molecule has 2 atom stereocenters. The predicted molar refractivity (Wildman–Crippen MR) is 71.4 cm³/mol. The Morgan fingerprint density at radius 3 is 2.60 bits per heavy atom. The van der Waals surface area contributed by atoms with Gasteiger partial charge in [-0.15, -0.1) is 0 Å². The van der Waals surface area contributed by atoms with Crippen LogP contribution in [0.4, 0.5) is 13.2 Å². The van der Waals surface area contributed by atoms with E-state index in [-0.39, 0.29) is 0 Å². The van der Waals surface area contributed by atoms with Gasteiger partial charge in [0.1, 0.15) is 5.75 Å². The fraction of sp³-hybridized carbons (Fsp3) is 0.600. The number of halogens is 3. The van der Waals surface area contributed by atoms with Crippen LogP contribution in [0.5, 0.6) is 5.75 Å². The minimum Gasteiger partial charge on any atom is -0.507 e. The second-order valence-electron chi connectivity index (χ2n) is 5.81. The van der Waals surface area contributed by atoms with E-state index in [9.17, 15) is 18.3 Å². The summed E-state index contributed by atoms with van der Waals surface area (Å²) in [4.78, 5) is 2.21. The third-order valence-corrected chi connectivity index (χ3v) is 4.00. The van der Waals surface area contributed by atoms with Gasteiger partial charge in [-0.3, -0.25) is 4.90 Å². The molecule has 0 saturated carbocycles. The van der Waals surface area contributed by atoms with Gasteiger partial charge in [0.2, 0.25) is 0 Å². The molecule has 0 aliphatic carbocycles. The largest absolute Gasteiger partial charge is 0.507 e. The SMILES string of the molecule is CC1CCC(C)N(Cc2ccc(O)c(C(F)(F)F)c2)C1. The highest BCUT2D eigenvalue weighted by molar-refractivity contribution is 5.38. The molecule has 20 heavy (non-hydrogen) atoms. The molecule has 2 rings (SSSR count). The van der Waals surface area contributed by atoms with E-state index in [0.717, 1.165) is 25.1 Å². The summed E-state index contributed by atoms with van der Waals surface area (Å²) in [6, 6.07) is 4.14. The van der Waals surface area contributed by atoms with E-state index in [2.05, 4.69) is 18.7 Å². The zero-order valence-corrected chi connectivity index (χ0v) is 11.7. The van der Waals surface area contributed by atoms with Gasteiger partial charge in [-0.1, -0.05) is 13.0 Å². The Bertz CT molecular complexity index is 473.